The molecule has 0 aromatic rings. The summed E-state index contributed by atoms with van der Waals surface area (Å²) in [5.74, 6) is 0.890. The van der Waals surface area contributed by atoms with E-state index >= 15 is 0 Å². The van der Waals surface area contributed by atoms with Gasteiger partial charge in [-0.1, -0.05) is 19.1 Å². The van der Waals surface area contributed by atoms with Crippen LogP contribution in [0.1, 0.15) is 46.5 Å². The molecular formula is C15H28N2. The molecule has 0 spiro atoms. The molecule has 0 bridgehead atoms. The first-order valence-electron chi connectivity index (χ1n) is 7.27. The highest BCUT2D eigenvalue weighted by Gasteiger charge is 2.33. The maximum Gasteiger partial charge on any atom is 0.0278 e. The van der Waals surface area contributed by atoms with Gasteiger partial charge in [-0.2, -0.15) is 0 Å². The van der Waals surface area contributed by atoms with E-state index in [-0.39, 0.29) is 0 Å². The van der Waals surface area contributed by atoms with Crippen molar-refractivity contribution in [3.63, 3.8) is 0 Å². The Bertz CT molecular complexity index is 274. The van der Waals surface area contributed by atoms with Gasteiger partial charge in [-0.25, -0.2) is 0 Å². The van der Waals surface area contributed by atoms with Gasteiger partial charge in [0.2, 0.25) is 0 Å². The number of hydrogen-bond donors (Lipinski definition) is 1. The van der Waals surface area contributed by atoms with Gasteiger partial charge in [0, 0.05) is 31.2 Å². The molecular weight excluding hydrogens is 208 g/mol. The van der Waals surface area contributed by atoms with Crippen molar-refractivity contribution in [1.82, 2.24) is 10.2 Å². The van der Waals surface area contributed by atoms with Crippen LogP contribution in [0.5, 0.6) is 0 Å². The SMILES string of the molecule is CCC1(C)CN(CC2CC=CCC2)C(C)CN1. The van der Waals surface area contributed by atoms with Gasteiger partial charge in [0.15, 0.2) is 0 Å². The van der Waals surface area contributed by atoms with Crippen LogP contribution in [0.2, 0.25) is 0 Å². The molecule has 0 amide bonds. The minimum Gasteiger partial charge on any atom is -0.309 e. The molecule has 3 atom stereocenters. The minimum absolute atomic E-state index is 0.330. The van der Waals surface area contributed by atoms with Crippen molar-refractivity contribution in [2.45, 2.75) is 58.0 Å². The van der Waals surface area contributed by atoms with Crippen LogP contribution in [0, 0.1) is 5.92 Å². The second-order valence-electron chi connectivity index (χ2n) is 6.22. The lowest BCUT2D eigenvalue weighted by Crippen LogP contribution is -2.62. The first kappa shape index (κ1) is 13.1. The van der Waals surface area contributed by atoms with E-state index in [1.54, 1.807) is 0 Å². The topological polar surface area (TPSA) is 15.3 Å². The third-order valence-electron chi connectivity index (χ3n) is 4.65. The molecule has 3 unspecified atom stereocenters. The maximum absolute atomic E-state index is 3.71. The second-order valence-corrected chi connectivity index (χ2v) is 6.22. The monoisotopic (exact) mass is 236 g/mol. The predicted octanol–water partition coefficient (Wildman–Crippen LogP) is 2.81. The molecule has 2 rings (SSSR count). The van der Waals surface area contributed by atoms with Crippen LogP contribution >= 0.6 is 0 Å². The molecule has 2 aliphatic rings. The quantitative estimate of drug-likeness (QED) is 0.758. The highest BCUT2D eigenvalue weighted by molar-refractivity contribution is 4.96. The Kier molecular flexibility index (Phi) is 4.26. The predicted molar refractivity (Wildman–Crippen MR) is 74.2 cm³/mol. The van der Waals surface area contributed by atoms with Gasteiger partial charge >= 0.3 is 0 Å². The lowest BCUT2D eigenvalue weighted by Gasteiger charge is -2.46. The van der Waals surface area contributed by atoms with Gasteiger partial charge in [-0.15, -0.1) is 0 Å². The summed E-state index contributed by atoms with van der Waals surface area (Å²) in [6, 6.07) is 0.695. The third-order valence-corrected chi connectivity index (χ3v) is 4.65. The summed E-state index contributed by atoms with van der Waals surface area (Å²) in [6.07, 6.45) is 9.90. The van der Waals surface area contributed by atoms with Gasteiger partial charge in [0.25, 0.3) is 0 Å². The Morgan fingerprint density at radius 3 is 2.88 bits per heavy atom. The highest BCUT2D eigenvalue weighted by atomic mass is 15.2. The first-order chi connectivity index (χ1) is 8.13. The Labute approximate surface area is 106 Å². The Morgan fingerprint density at radius 1 is 1.41 bits per heavy atom. The smallest absolute Gasteiger partial charge is 0.0278 e. The number of nitrogens with zero attached hydrogens (tertiary/aromatic N) is 1. The van der Waals surface area contributed by atoms with Crippen molar-refractivity contribution in [2.24, 2.45) is 5.92 Å². The van der Waals surface area contributed by atoms with Crippen LogP contribution in [0.15, 0.2) is 12.2 Å². The molecule has 1 aliphatic carbocycles. The van der Waals surface area contributed by atoms with Crippen molar-refractivity contribution < 1.29 is 0 Å². The van der Waals surface area contributed by atoms with Crippen molar-refractivity contribution in [3.8, 4) is 0 Å². The normalized spacial score (nSPS) is 39.5. The lowest BCUT2D eigenvalue weighted by molar-refractivity contribution is 0.0762. The summed E-state index contributed by atoms with van der Waals surface area (Å²) in [4.78, 5) is 2.71. The van der Waals surface area contributed by atoms with E-state index in [0.717, 1.165) is 12.5 Å². The van der Waals surface area contributed by atoms with E-state index in [4.69, 9.17) is 0 Å². The first-order valence-corrected chi connectivity index (χ1v) is 7.27. The Hall–Kier alpha value is -0.340. The second kappa shape index (κ2) is 5.53. The van der Waals surface area contributed by atoms with Crippen LogP contribution in [0.4, 0.5) is 0 Å². The summed E-state index contributed by atoms with van der Waals surface area (Å²) in [7, 11) is 0. The number of rotatable bonds is 3. The molecule has 2 nitrogen and oxygen atoms in total. The molecule has 2 heteroatoms. The fraction of sp³-hybridized carbons (Fsp3) is 0.867. The molecule has 17 heavy (non-hydrogen) atoms. The molecule has 1 aliphatic heterocycles. The summed E-state index contributed by atoms with van der Waals surface area (Å²) < 4.78 is 0. The molecule has 98 valence electrons. The third kappa shape index (κ3) is 3.32. The van der Waals surface area contributed by atoms with Crippen LogP contribution in [0.25, 0.3) is 0 Å². The van der Waals surface area contributed by atoms with Gasteiger partial charge in [-0.3, -0.25) is 4.90 Å². The standard InChI is InChI=1S/C15H28N2/c1-4-15(3)12-17(13(2)10-16-15)11-14-8-6-5-7-9-14/h5-6,13-14,16H,4,7-12H2,1-3H3. The fourth-order valence-electron chi connectivity index (χ4n) is 3.02. The van der Waals surface area contributed by atoms with E-state index in [0.29, 0.717) is 11.6 Å². The van der Waals surface area contributed by atoms with Crippen LogP contribution in [-0.4, -0.2) is 36.1 Å². The average Bonchev–Trinajstić information content (AvgIpc) is 2.35. The summed E-state index contributed by atoms with van der Waals surface area (Å²) in [6.45, 7) is 10.7. The van der Waals surface area contributed by atoms with E-state index in [9.17, 15) is 0 Å². The molecule has 1 fully saturated rings. The number of piperazine rings is 1. The molecule has 0 saturated carbocycles. The maximum atomic E-state index is 3.71. The van der Waals surface area contributed by atoms with Crippen molar-refractivity contribution in [2.75, 3.05) is 19.6 Å². The van der Waals surface area contributed by atoms with Crippen LogP contribution in [0.3, 0.4) is 0 Å². The molecule has 0 aromatic heterocycles. The number of nitrogens with one attached hydrogen (secondary N) is 1. The van der Waals surface area contributed by atoms with Gasteiger partial charge in [0.1, 0.15) is 0 Å². The highest BCUT2D eigenvalue weighted by Crippen LogP contribution is 2.24. The zero-order valence-corrected chi connectivity index (χ0v) is 11.7. The van der Waals surface area contributed by atoms with E-state index < -0.39 is 0 Å². The average molecular weight is 236 g/mol. The molecule has 0 aromatic carbocycles. The fourth-order valence-corrected chi connectivity index (χ4v) is 3.02. The van der Waals surface area contributed by atoms with Gasteiger partial charge in [-0.05, 0) is 45.4 Å². The zero-order chi connectivity index (χ0) is 12.3. The van der Waals surface area contributed by atoms with Crippen LogP contribution < -0.4 is 5.32 Å². The summed E-state index contributed by atoms with van der Waals surface area (Å²) in [5, 5.41) is 3.71. The molecule has 1 N–H and O–H groups in total. The van der Waals surface area contributed by atoms with Crippen molar-refractivity contribution in [3.05, 3.63) is 12.2 Å². The number of allylic oxidation sites excluding steroid dienone is 2. The summed E-state index contributed by atoms with van der Waals surface area (Å²) in [5.41, 5.74) is 0.330. The largest absolute Gasteiger partial charge is 0.309 e. The Balaban J connectivity index is 1.91. The minimum atomic E-state index is 0.330. The number of hydrogen-bond acceptors (Lipinski definition) is 2. The van der Waals surface area contributed by atoms with Gasteiger partial charge < -0.3 is 5.32 Å². The van der Waals surface area contributed by atoms with E-state index in [2.05, 4.69) is 43.1 Å². The van der Waals surface area contributed by atoms with E-state index in [1.165, 1.54) is 38.8 Å². The lowest BCUT2D eigenvalue weighted by atomic mass is 9.90. The van der Waals surface area contributed by atoms with E-state index in [1.807, 2.05) is 0 Å². The molecule has 0 radical (unpaired) electrons. The zero-order valence-electron chi connectivity index (χ0n) is 11.7. The molecule has 1 saturated heterocycles. The van der Waals surface area contributed by atoms with Crippen molar-refractivity contribution >= 4 is 0 Å². The summed E-state index contributed by atoms with van der Waals surface area (Å²) >= 11 is 0. The molecule has 1 heterocycles. The van der Waals surface area contributed by atoms with Crippen molar-refractivity contribution in [1.29, 1.82) is 0 Å². The van der Waals surface area contributed by atoms with Crippen LogP contribution in [-0.2, 0) is 0 Å². The van der Waals surface area contributed by atoms with Gasteiger partial charge in [0.05, 0.1) is 0 Å². The Morgan fingerprint density at radius 2 is 2.24 bits per heavy atom.